The molecule has 33 heavy (non-hydrogen) atoms. The molecular weight excluding hydrogens is 464 g/mol. The number of allylic oxidation sites excluding steroid dienone is 1. The molecule has 0 saturated heterocycles. The van der Waals surface area contributed by atoms with E-state index in [1.54, 1.807) is 32.0 Å². The van der Waals surface area contributed by atoms with Crippen molar-refractivity contribution < 1.29 is 19.2 Å². The first-order valence-electron chi connectivity index (χ1n) is 10.0. The summed E-state index contributed by atoms with van der Waals surface area (Å²) >= 11 is 2.30. The molecular formula is C22H20N4O5S2. The van der Waals surface area contributed by atoms with E-state index < -0.39 is 15.2 Å². The number of benzene rings is 2. The fourth-order valence-corrected chi connectivity index (χ4v) is 6.52. The third-order valence-electron chi connectivity index (χ3n) is 4.95. The highest BCUT2D eigenvalue weighted by molar-refractivity contribution is 8.29. The van der Waals surface area contributed by atoms with Gasteiger partial charge < -0.3 is 9.64 Å². The summed E-state index contributed by atoms with van der Waals surface area (Å²) in [7, 11) is 0. The van der Waals surface area contributed by atoms with Crippen molar-refractivity contribution in [2.45, 2.75) is 25.1 Å². The Bertz CT molecular complexity index is 1200. The van der Waals surface area contributed by atoms with Gasteiger partial charge in [0.2, 0.25) is 4.33 Å². The van der Waals surface area contributed by atoms with Crippen LogP contribution in [0.15, 0.2) is 70.3 Å². The first-order valence-corrected chi connectivity index (χ1v) is 11.7. The maximum absolute atomic E-state index is 12.8. The van der Waals surface area contributed by atoms with Crippen LogP contribution in [0.2, 0.25) is 0 Å². The first kappa shape index (κ1) is 22.9. The van der Waals surface area contributed by atoms with Crippen molar-refractivity contribution >= 4 is 57.4 Å². The molecule has 170 valence electrons. The van der Waals surface area contributed by atoms with Gasteiger partial charge in [0.15, 0.2) is 10.8 Å². The van der Waals surface area contributed by atoms with Crippen LogP contribution in [-0.4, -0.2) is 32.7 Å². The highest BCUT2D eigenvalue weighted by atomic mass is 32.2. The predicted molar refractivity (Wildman–Crippen MR) is 130 cm³/mol. The lowest BCUT2D eigenvalue weighted by atomic mass is 10.2. The average Bonchev–Trinajstić information content (AvgIpc) is 3.32. The lowest BCUT2D eigenvalue weighted by Crippen LogP contribution is -2.49. The minimum absolute atomic E-state index is 0.165. The highest BCUT2D eigenvalue weighted by Crippen LogP contribution is 2.61. The molecule has 4 rings (SSSR count). The predicted octanol–water partition coefficient (Wildman–Crippen LogP) is 4.71. The van der Waals surface area contributed by atoms with Crippen LogP contribution >= 0.6 is 23.5 Å². The largest absolute Gasteiger partial charge is 0.462 e. The Hall–Kier alpha value is -3.31. The fraction of sp³-hybridized carbons (Fsp3) is 0.227. The summed E-state index contributed by atoms with van der Waals surface area (Å²) in [4.78, 5) is 38.8. The summed E-state index contributed by atoms with van der Waals surface area (Å²) in [5, 5.41) is 18.0. The number of ketones is 1. The van der Waals surface area contributed by atoms with Gasteiger partial charge in [-0.1, -0.05) is 42.1 Å². The number of nitro groups is 1. The Morgan fingerprint density at radius 2 is 1.79 bits per heavy atom. The molecule has 0 fully saturated rings. The average molecular weight is 485 g/mol. The van der Waals surface area contributed by atoms with Crippen LogP contribution < -0.4 is 9.91 Å². The van der Waals surface area contributed by atoms with Gasteiger partial charge in [-0.15, -0.1) is 0 Å². The number of para-hydroxylation sites is 3. The lowest BCUT2D eigenvalue weighted by Gasteiger charge is -2.41. The summed E-state index contributed by atoms with van der Waals surface area (Å²) in [6.07, 6.45) is 0. The van der Waals surface area contributed by atoms with Crippen LogP contribution in [0.25, 0.3) is 0 Å². The van der Waals surface area contributed by atoms with Crippen molar-refractivity contribution in [1.29, 1.82) is 0 Å². The van der Waals surface area contributed by atoms with E-state index in [2.05, 4.69) is 5.10 Å². The molecule has 0 unspecified atom stereocenters. The minimum Gasteiger partial charge on any atom is -0.462 e. The number of Topliss-reactive ketones (excluding diaryl/α,β-unsaturated/α-hetero) is 1. The Morgan fingerprint density at radius 3 is 2.42 bits per heavy atom. The van der Waals surface area contributed by atoms with Crippen molar-refractivity contribution in [3.8, 4) is 0 Å². The number of nitrogens with zero attached hydrogens (tertiary/aromatic N) is 4. The smallest absolute Gasteiger partial charge is 0.346 e. The van der Waals surface area contributed by atoms with Crippen molar-refractivity contribution in [2.24, 2.45) is 5.10 Å². The van der Waals surface area contributed by atoms with E-state index in [9.17, 15) is 19.7 Å². The maximum Gasteiger partial charge on any atom is 0.346 e. The Balaban J connectivity index is 1.95. The molecule has 0 aromatic heterocycles. The number of anilines is 2. The monoisotopic (exact) mass is 484 g/mol. The molecule has 11 heteroatoms. The van der Waals surface area contributed by atoms with E-state index in [1.807, 2.05) is 35.2 Å². The van der Waals surface area contributed by atoms with E-state index >= 15 is 0 Å². The highest BCUT2D eigenvalue weighted by Gasteiger charge is 2.58. The quantitative estimate of drug-likeness (QED) is 0.327. The number of rotatable bonds is 6. The molecule has 2 aromatic rings. The van der Waals surface area contributed by atoms with Crippen LogP contribution in [0.4, 0.5) is 17.1 Å². The topological polar surface area (TPSA) is 105 Å². The Labute approximate surface area is 198 Å². The number of carbonyl (C=O) groups is 2. The van der Waals surface area contributed by atoms with E-state index in [0.717, 1.165) is 29.2 Å². The zero-order chi connectivity index (χ0) is 23.8. The number of hydrogen-bond acceptors (Lipinski definition) is 10. The molecule has 0 bridgehead atoms. The SMILES string of the molecule is CCOC(=O)C1=C(C)N(c2ccccc2)[C@]2(SC(C(C)=O)=NN2c2ccccc2[N+](=O)[O-])S1. The molecule has 1 atom stereocenters. The van der Waals surface area contributed by atoms with Crippen LogP contribution in [0.3, 0.4) is 0 Å². The second kappa shape index (κ2) is 8.91. The molecule has 0 amide bonds. The fourth-order valence-electron chi connectivity index (χ4n) is 3.58. The van der Waals surface area contributed by atoms with E-state index in [4.69, 9.17) is 4.74 Å². The van der Waals surface area contributed by atoms with Gasteiger partial charge in [-0.05, 0) is 43.8 Å². The third kappa shape index (κ3) is 3.87. The molecule has 0 aliphatic carbocycles. The summed E-state index contributed by atoms with van der Waals surface area (Å²) in [5.41, 5.74) is 1.37. The van der Waals surface area contributed by atoms with Gasteiger partial charge >= 0.3 is 5.97 Å². The number of nitro benzene ring substituents is 1. The molecule has 0 saturated carbocycles. The van der Waals surface area contributed by atoms with Crippen LogP contribution in [-0.2, 0) is 14.3 Å². The number of thioether (sulfide) groups is 2. The Morgan fingerprint density at radius 1 is 1.12 bits per heavy atom. The van der Waals surface area contributed by atoms with Crippen molar-refractivity contribution in [1.82, 2.24) is 0 Å². The molecule has 2 aromatic carbocycles. The van der Waals surface area contributed by atoms with Crippen LogP contribution in [0.1, 0.15) is 20.8 Å². The van der Waals surface area contributed by atoms with Gasteiger partial charge in [0.25, 0.3) is 5.69 Å². The van der Waals surface area contributed by atoms with E-state index in [1.165, 1.54) is 18.0 Å². The zero-order valence-electron chi connectivity index (χ0n) is 18.0. The number of hydrazone groups is 1. The Kier molecular flexibility index (Phi) is 6.17. The second-order valence-electron chi connectivity index (χ2n) is 7.08. The molecule has 9 nitrogen and oxygen atoms in total. The van der Waals surface area contributed by atoms with Crippen molar-refractivity contribution in [3.05, 3.63) is 75.3 Å². The van der Waals surface area contributed by atoms with E-state index in [-0.39, 0.29) is 28.8 Å². The number of carbonyl (C=O) groups excluding carboxylic acids is 2. The van der Waals surface area contributed by atoms with Crippen molar-refractivity contribution in [2.75, 3.05) is 16.5 Å². The van der Waals surface area contributed by atoms with Crippen LogP contribution in [0, 0.1) is 10.1 Å². The molecule has 2 aliphatic rings. The van der Waals surface area contributed by atoms with Gasteiger partial charge in [-0.2, -0.15) is 5.10 Å². The normalized spacial score (nSPS) is 19.8. The van der Waals surface area contributed by atoms with Crippen molar-refractivity contribution in [3.63, 3.8) is 0 Å². The number of esters is 1. The summed E-state index contributed by atoms with van der Waals surface area (Å²) < 4.78 is 4.05. The van der Waals surface area contributed by atoms with Gasteiger partial charge in [0.05, 0.1) is 11.5 Å². The molecule has 0 N–H and O–H groups in total. The molecule has 2 aliphatic heterocycles. The third-order valence-corrected chi connectivity index (χ3v) is 7.92. The summed E-state index contributed by atoms with van der Waals surface area (Å²) in [6.45, 7) is 5.09. The first-order chi connectivity index (χ1) is 15.8. The standard InChI is InChI=1S/C22H20N4O5S2/c1-4-31-21(28)19-14(2)24(16-10-6-5-7-11-16)22(32-19)25(23-20(33-22)15(3)27)17-12-8-9-13-18(17)26(29)30/h5-13H,4H2,1-3H3/t22-/m1/s1. The van der Waals surface area contributed by atoms with Gasteiger partial charge in [-0.3, -0.25) is 14.9 Å². The lowest BCUT2D eigenvalue weighted by molar-refractivity contribution is -0.384. The summed E-state index contributed by atoms with van der Waals surface area (Å²) in [5.74, 6) is -0.784. The number of ether oxygens (including phenoxy) is 1. The molecule has 0 radical (unpaired) electrons. The van der Waals surface area contributed by atoms with Gasteiger partial charge in [0, 0.05) is 24.4 Å². The number of hydrogen-bond donors (Lipinski definition) is 0. The molecule has 1 spiro atoms. The molecule has 2 heterocycles. The van der Waals surface area contributed by atoms with E-state index in [0.29, 0.717) is 10.6 Å². The maximum atomic E-state index is 12.8. The second-order valence-corrected chi connectivity index (χ2v) is 9.68. The minimum atomic E-state index is -1.22. The summed E-state index contributed by atoms with van der Waals surface area (Å²) in [6, 6.07) is 15.5. The zero-order valence-corrected chi connectivity index (χ0v) is 19.7. The van der Waals surface area contributed by atoms with Crippen LogP contribution in [0.5, 0.6) is 0 Å². The van der Waals surface area contributed by atoms with Gasteiger partial charge in [-0.25, -0.2) is 9.80 Å². The van der Waals surface area contributed by atoms with Gasteiger partial charge in [0.1, 0.15) is 10.6 Å².